The molecule has 0 saturated carbocycles. The van der Waals surface area contributed by atoms with Crippen molar-refractivity contribution in [3.63, 3.8) is 0 Å². The van der Waals surface area contributed by atoms with Crippen LogP contribution in [0.15, 0.2) is 94.5 Å². The van der Waals surface area contributed by atoms with E-state index in [9.17, 15) is 14.4 Å². The maximum absolute atomic E-state index is 13.4. The summed E-state index contributed by atoms with van der Waals surface area (Å²) in [5.74, 6) is -0.954. The van der Waals surface area contributed by atoms with Gasteiger partial charge < -0.3 is 33.7 Å². The Bertz CT molecular complexity index is 1930. The molecule has 2 N–H and O–H groups in total. The number of anilines is 2. The second-order valence-corrected chi connectivity index (χ2v) is 10.8. The fourth-order valence-corrected chi connectivity index (χ4v) is 5.38. The zero-order chi connectivity index (χ0) is 32.9. The second-order valence-electron chi connectivity index (χ2n) is 10.8. The summed E-state index contributed by atoms with van der Waals surface area (Å²) in [4.78, 5) is 41.7. The van der Waals surface area contributed by atoms with Gasteiger partial charge in [0.1, 0.15) is 6.61 Å². The van der Waals surface area contributed by atoms with Crippen LogP contribution in [0.1, 0.15) is 35.3 Å². The van der Waals surface area contributed by atoms with Crippen molar-refractivity contribution in [2.24, 2.45) is 7.05 Å². The molecule has 0 bridgehead atoms. The first-order valence-corrected chi connectivity index (χ1v) is 15.0. The monoisotopic (exact) mass is 639 g/mol. The van der Waals surface area contributed by atoms with E-state index in [0.29, 0.717) is 30.4 Å². The Morgan fingerprint density at radius 3 is 2.47 bits per heavy atom. The molecule has 0 spiro atoms. The van der Waals surface area contributed by atoms with Crippen molar-refractivity contribution in [3.8, 4) is 22.5 Å². The Morgan fingerprint density at radius 2 is 1.77 bits per heavy atom. The number of nitrogens with one attached hydrogen (secondary N) is 2. The molecule has 242 valence electrons. The van der Waals surface area contributed by atoms with Gasteiger partial charge in [-0.05, 0) is 41.8 Å². The maximum Gasteiger partial charge on any atom is 0.511 e. The molecule has 0 aliphatic carbocycles. The Balaban J connectivity index is 1.17. The van der Waals surface area contributed by atoms with Crippen molar-refractivity contribution in [3.05, 3.63) is 112 Å². The first kappa shape index (κ1) is 31.2. The summed E-state index contributed by atoms with van der Waals surface area (Å²) < 4.78 is 28.3. The highest BCUT2D eigenvalue weighted by Gasteiger charge is 2.34. The molecule has 1 aliphatic heterocycles. The molecule has 6 rings (SSSR count). The molecule has 2 aromatic heterocycles. The molecule has 0 fully saturated rings. The van der Waals surface area contributed by atoms with Gasteiger partial charge in [-0.2, -0.15) is 0 Å². The summed E-state index contributed by atoms with van der Waals surface area (Å²) in [6, 6.07) is 22.5. The highest BCUT2D eigenvalue weighted by molar-refractivity contribution is 6.01. The van der Waals surface area contributed by atoms with Gasteiger partial charge in [0.2, 0.25) is 12.6 Å². The van der Waals surface area contributed by atoms with E-state index in [4.69, 9.17) is 23.5 Å². The Labute approximate surface area is 269 Å². The quantitative estimate of drug-likeness (QED) is 0.136. The van der Waals surface area contributed by atoms with Crippen LogP contribution in [0.3, 0.4) is 0 Å². The van der Waals surface area contributed by atoms with Gasteiger partial charge in [-0.25, -0.2) is 14.4 Å². The number of ether oxygens (including phenoxy) is 4. The smallest absolute Gasteiger partial charge is 0.429 e. The van der Waals surface area contributed by atoms with Gasteiger partial charge in [0, 0.05) is 50.6 Å². The number of benzene rings is 3. The van der Waals surface area contributed by atoms with Crippen molar-refractivity contribution in [1.29, 1.82) is 0 Å². The third kappa shape index (κ3) is 7.05. The van der Waals surface area contributed by atoms with Crippen molar-refractivity contribution >= 4 is 23.5 Å². The van der Waals surface area contributed by atoms with Crippen molar-refractivity contribution in [2.75, 3.05) is 16.8 Å². The number of H-pyrrole nitrogens is 1. The lowest BCUT2D eigenvalue weighted by Gasteiger charge is -2.27. The molecule has 5 aromatic rings. The van der Waals surface area contributed by atoms with E-state index in [2.05, 4.69) is 15.5 Å². The van der Waals surface area contributed by atoms with Crippen LogP contribution in [0.25, 0.3) is 22.5 Å². The minimum atomic E-state index is -1.20. The lowest BCUT2D eigenvalue weighted by atomic mass is 9.98. The molecule has 0 radical (unpaired) electrons. The van der Waals surface area contributed by atoms with Crippen molar-refractivity contribution in [2.45, 2.75) is 39.6 Å². The fourth-order valence-electron chi connectivity index (χ4n) is 5.38. The van der Waals surface area contributed by atoms with Gasteiger partial charge in [0.15, 0.2) is 5.82 Å². The van der Waals surface area contributed by atoms with E-state index in [1.54, 1.807) is 12.1 Å². The number of rotatable bonds is 11. The molecule has 1 aliphatic rings. The SMILES string of the molecule is CCOC1Nc2cccc(C(=O)OC(C)OC(=O)OCc3ccn(C)c3)c2N1Cc1ccc(-c2ccccc2-c2noc(=O)[nH]2)cc1. The normalized spacial score (nSPS) is 14.3. The topological polar surface area (TPSA) is 150 Å². The number of carbonyl (C=O) groups excluding carboxylic acids is 2. The molecule has 13 heteroatoms. The van der Waals surface area contributed by atoms with Crippen LogP contribution >= 0.6 is 0 Å². The predicted molar refractivity (Wildman–Crippen MR) is 171 cm³/mol. The summed E-state index contributed by atoms with van der Waals surface area (Å²) in [5.41, 5.74) is 5.82. The van der Waals surface area contributed by atoms with Gasteiger partial charge in [-0.15, -0.1) is 0 Å². The molecular formula is C34H33N5O8. The van der Waals surface area contributed by atoms with Gasteiger partial charge in [-0.1, -0.05) is 59.8 Å². The van der Waals surface area contributed by atoms with Crippen LogP contribution in [-0.4, -0.2) is 46.1 Å². The summed E-state index contributed by atoms with van der Waals surface area (Å²) in [5, 5.41) is 7.17. The zero-order valence-corrected chi connectivity index (χ0v) is 26.0. The van der Waals surface area contributed by atoms with Crippen LogP contribution in [0, 0.1) is 0 Å². The van der Waals surface area contributed by atoms with Gasteiger partial charge in [0.25, 0.3) is 0 Å². The Kier molecular flexibility index (Phi) is 9.06. The second kappa shape index (κ2) is 13.7. The van der Waals surface area contributed by atoms with E-state index >= 15 is 0 Å². The number of esters is 1. The molecule has 3 aromatic carbocycles. The van der Waals surface area contributed by atoms with Crippen molar-refractivity contribution in [1.82, 2.24) is 14.7 Å². The van der Waals surface area contributed by atoms with Gasteiger partial charge in [0.05, 0.1) is 16.9 Å². The van der Waals surface area contributed by atoms with Gasteiger partial charge >= 0.3 is 17.9 Å². The van der Waals surface area contributed by atoms with E-state index in [1.165, 1.54) is 6.92 Å². The third-order valence-electron chi connectivity index (χ3n) is 7.46. The molecule has 2 atom stereocenters. The number of aromatic amines is 1. The summed E-state index contributed by atoms with van der Waals surface area (Å²) in [6.45, 7) is 4.19. The average molecular weight is 640 g/mol. The molecule has 0 saturated heterocycles. The van der Waals surface area contributed by atoms with Crippen LogP contribution in [-0.2, 0) is 39.1 Å². The predicted octanol–water partition coefficient (Wildman–Crippen LogP) is 5.64. The summed E-state index contributed by atoms with van der Waals surface area (Å²) in [6.07, 6.45) is 0.961. The first-order valence-electron chi connectivity index (χ1n) is 15.0. The van der Waals surface area contributed by atoms with E-state index in [-0.39, 0.29) is 12.2 Å². The number of nitrogens with zero attached hydrogens (tertiary/aromatic N) is 3. The minimum Gasteiger partial charge on any atom is -0.429 e. The Morgan fingerprint density at radius 1 is 0.979 bits per heavy atom. The standard InChI is InChI=1S/C34H33N5O8/c1-4-43-32-35-28-11-7-10-27(31(40)45-21(2)46-34(42)44-20-23-16-17-38(3)18-23)29(28)39(32)19-22-12-14-24(15-13-22)25-8-5-6-9-26(25)30-36-33(41)47-37-30/h5-18,21,32,35H,4,19-20H2,1-3H3,(H,36,37,41). The van der Waals surface area contributed by atoms with E-state index in [0.717, 1.165) is 27.8 Å². The van der Waals surface area contributed by atoms with Gasteiger partial charge in [-0.3, -0.25) is 9.51 Å². The van der Waals surface area contributed by atoms with Crippen LogP contribution in [0.2, 0.25) is 0 Å². The maximum atomic E-state index is 13.4. The number of carbonyl (C=O) groups is 2. The molecular weight excluding hydrogens is 606 g/mol. The Hall–Kier alpha value is -5.82. The summed E-state index contributed by atoms with van der Waals surface area (Å²) in [7, 11) is 1.86. The molecule has 2 unspecified atom stereocenters. The average Bonchev–Trinajstić information content (AvgIpc) is 3.78. The van der Waals surface area contributed by atoms with Crippen molar-refractivity contribution < 1.29 is 33.1 Å². The molecule has 13 nitrogen and oxygen atoms in total. The highest BCUT2D eigenvalue weighted by atomic mass is 16.8. The third-order valence-corrected chi connectivity index (χ3v) is 7.46. The van der Waals surface area contributed by atoms with Crippen LogP contribution in [0.5, 0.6) is 0 Å². The number of para-hydroxylation sites is 1. The number of hydrogen-bond acceptors (Lipinski definition) is 11. The fraction of sp³-hybridized carbons (Fsp3) is 0.235. The minimum absolute atomic E-state index is 0.0297. The highest BCUT2D eigenvalue weighted by Crippen LogP contribution is 2.40. The number of hydrogen-bond donors (Lipinski definition) is 2. The number of aromatic nitrogens is 3. The number of aryl methyl sites for hydroxylation is 1. The largest absolute Gasteiger partial charge is 0.511 e. The number of fused-ring (bicyclic) bond motifs is 1. The lowest BCUT2D eigenvalue weighted by molar-refractivity contribution is -0.0833. The zero-order valence-electron chi connectivity index (χ0n) is 26.0. The molecule has 47 heavy (non-hydrogen) atoms. The van der Waals surface area contributed by atoms with E-state index < -0.39 is 30.5 Å². The van der Waals surface area contributed by atoms with Crippen LogP contribution < -0.4 is 16.0 Å². The first-order chi connectivity index (χ1) is 22.8. The summed E-state index contributed by atoms with van der Waals surface area (Å²) >= 11 is 0. The van der Waals surface area contributed by atoms with E-state index in [1.807, 2.05) is 96.5 Å². The molecule has 3 heterocycles. The molecule has 0 amide bonds. The van der Waals surface area contributed by atoms with Crippen LogP contribution in [0.4, 0.5) is 16.2 Å². The lowest BCUT2D eigenvalue weighted by Crippen LogP contribution is -2.38.